The molecule has 2 bridgehead atoms. The third-order valence-corrected chi connectivity index (χ3v) is 9.99. The van der Waals surface area contributed by atoms with Crippen LogP contribution in [0.2, 0.25) is 0 Å². The Morgan fingerprint density at radius 1 is 1.04 bits per heavy atom. The summed E-state index contributed by atoms with van der Waals surface area (Å²) < 4.78 is 38.3. The Balaban J connectivity index is 1.43. The summed E-state index contributed by atoms with van der Waals surface area (Å²) in [6.45, 7) is 0. The van der Waals surface area contributed by atoms with Gasteiger partial charge in [0, 0.05) is 23.1 Å². The summed E-state index contributed by atoms with van der Waals surface area (Å²) in [5.41, 5.74) is -0.252. The quantitative estimate of drug-likeness (QED) is 0.695. The van der Waals surface area contributed by atoms with Crippen molar-refractivity contribution < 1.29 is 18.0 Å². The molecule has 1 saturated heterocycles. The average molecular weight is 402 g/mol. The van der Waals surface area contributed by atoms with E-state index < -0.39 is 11.7 Å². The highest BCUT2D eigenvalue weighted by Gasteiger charge is 2.55. The molecule has 2 saturated carbocycles. The molecule has 0 unspecified atom stereocenters. The molecule has 2 nitrogen and oxygen atoms in total. The number of thioether (sulfide) groups is 2. The third-order valence-electron chi connectivity index (χ3n) is 5.97. The molecule has 0 radical (unpaired) electrons. The molecule has 3 aliphatic rings. The Morgan fingerprint density at radius 3 is 2.15 bits per heavy atom. The molecule has 2 aliphatic carbocycles. The van der Waals surface area contributed by atoms with Crippen molar-refractivity contribution in [2.24, 2.45) is 17.8 Å². The van der Waals surface area contributed by atoms with Crippen molar-refractivity contribution in [3.05, 3.63) is 29.8 Å². The molecule has 1 spiro atoms. The van der Waals surface area contributed by atoms with Crippen LogP contribution in [0, 0.1) is 17.8 Å². The van der Waals surface area contributed by atoms with Gasteiger partial charge in [-0.25, -0.2) is 0 Å². The van der Waals surface area contributed by atoms with Gasteiger partial charge in [0.25, 0.3) is 0 Å². The van der Waals surface area contributed by atoms with Crippen LogP contribution in [-0.2, 0) is 11.0 Å². The SMILES string of the molecule is O=C(Nc1ccc(C(F)(F)F)cc1)C1C[C@H]2CCC[C@H](C1)C21SCCS1. The van der Waals surface area contributed by atoms with Gasteiger partial charge in [0.05, 0.1) is 9.64 Å². The lowest BCUT2D eigenvalue weighted by Gasteiger charge is -2.52. The maximum absolute atomic E-state index is 12.7. The molecule has 1 aromatic rings. The fourth-order valence-electron chi connectivity index (χ4n) is 4.81. The average Bonchev–Trinajstić information content (AvgIpc) is 3.04. The lowest BCUT2D eigenvalue weighted by molar-refractivity contribution is -0.137. The predicted octanol–water partition coefficient (Wildman–Crippen LogP) is 5.65. The van der Waals surface area contributed by atoms with Gasteiger partial charge in [-0.1, -0.05) is 6.42 Å². The van der Waals surface area contributed by atoms with Gasteiger partial charge in [-0.2, -0.15) is 13.2 Å². The first-order valence-electron chi connectivity index (χ1n) is 9.14. The predicted molar refractivity (Wildman–Crippen MR) is 101 cm³/mol. The van der Waals surface area contributed by atoms with Gasteiger partial charge < -0.3 is 5.32 Å². The molecule has 4 rings (SSSR count). The minimum Gasteiger partial charge on any atom is -0.326 e. The van der Waals surface area contributed by atoms with Crippen LogP contribution < -0.4 is 5.32 Å². The van der Waals surface area contributed by atoms with Crippen molar-refractivity contribution in [1.29, 1.82) is 0 Å². The normalized spacial score (nSPS) is 30.3. The summed E-state index contributed by atoms with van der Waals surface area (Å²) in [5.74, 6) is 3.51. The van der Waals surface area contributed by atoms with E-state index in [4.69, 9.17) is 0 Å². The van der Waals surface area contributed by atoms with E-state index in [9.17, 15) is 18.0 Å². The monoisotopic (exact) mass is 401 g/mol. The van der Waals surface area contributed by atoms with Crippen LogP contribution >= 0.6 is 23.5 Å². The molecular formula is C19H22F3NOS2. The number of carbonyl (C=O) groups is 1. The standard InChI is InChI=1S/C19H22F3NOS2/c20-19(21,22)13-4-6-16(7-5-13)23-17(24)12-10-14-2-1-3-15(11-12)18(14)25-8-9-26-18/h4-7,12,14-15H,1-3,8-11H2,(H,23,24)/t14-,15-/m1/s1. The van der Waals surface area contributed by atoms with E-state index in [2.05, 4.69) is 28.8 Å². The van der Waals surface area contributed by atoms with Crippen LogP contribution in [0.25, 0.3) is 0 Å². The number of rotatable bonds is 2. The van der Waals surface area contributed by atoms with Crippen LogP contribution in [0.4, 0.5) is 18.9 Å². The number of carbonyl (C=O) groups excluding carboxylic acids is 1. The highest BCUT2D eigenvalue weighted by molar-refractivity contribution is 8.21. The van der Waals surface area contributed by atoms with Crippen molar-refractivity contribution in [2.45, 2.75) is 42.4 Å². The molecular weight excluding hydrogens is 379 g/mol. The molecule has 26 heavy (non-hydrogen) atoms. The van der Waals surface area contributed by atoms with Crippen molar-refractivity contribution in [3.8, 4) is 0 Å². The molecule has 0 aromatic heterocycles. The zero-order valence-electron chi connectivity index (χ0n) is 14.3. The Bertz CT molecular complexity index is 654. The second-order valence-corrected chi connectivity index (χ2v) is 10.5. The lowest BCUT2D eigenvalue weighted by atomic mass is 9.67. The fraction of sp³-hybridized carbons (Fsp3) is 0.632. The second kappa shape index (κ2) is 6.97. The summed E-state index contributed by atoms with van der Waals surface area (Å²) >= 11 is 4.21. The summed E-state index contributed by atoms with van der Waals surface area (Å²) in [6, 6.07) is 4.72. The van der Waals surface area contributed by atoms with Gasteiger partial charge in [0.15, 0.2) is 0 Å². The topological polar surface area (TPSA) is 29.1 Å². The Hall–Kier alpha value is -0.820. The van der Waals surface area contributed by atoms with Crippen LogP contribution in [0.5, 0.6) is 0 Å². The van der Waals surface area contributed by atoms with Gasteiger partial charge >= 0.3 is 6.18 Å². The van der Waals surface area contributed by atoms with Gasteiger partial charge in [0.1, 0.15) is 0 Å². The Morgan fingerprint density at radius 2 is 1.62 bits per heavy atom. The van der Waals surface area contributed by atoms with Crippen molar-refractivity contribution in [1.82, 2.24) is 0 Å². The number of alkyl halides is 3. The third kappa shape index (κ3) is 3.37. The molecule has 142 valence electrons. The largest absolute Gasteiger partial charge is 0.416 e. The maximum Gasteiger partial charge on any atom is 0.416 e. The number of hydrogen-bond acceptors (Lipinski definition) is 3. The van der Waals surface area contributed by atoms with E-state index in [1.807, 2.05) is 0 Å². The summed E-state index contributed by atoms with van der Waals surface area (Å²) in [7, 11) is 0. The number of nitrogens with one attached hydrogen (secondary N) is 1. The summed E-state index contributed by atoms with van der Waals surface area (Å²) in [4.78, 5) is 12.7. The number of amides is 1. The zero-order valence-corrected chi connectivity index (χ0v) is 16.0. The Kier molecular flexibility index (Phi) is 4.97. The van der Waals surface area contributed by atoms with E-state index in [1.165, 1.54) is 42.9 Å². The van der Waals surface area contributed by atoms with E-state index in [-0.39, 0.29) is 11.8 Å². The first-order valence-corrected chi connectivity index (χ1v) is 11.1. The van der Waals surface area contributed by atoms with Gasteiger partial charge in [-0.15, -0.1) is 23.5 Å². The van der Waals surface area contributed by atoms with E-state index in [0.29, 0.717) is 21.6 Å². The van der Waals surface area contributed by atoms with Gasteiger partial charge in [0.2, 0.25) is 5.91 Å². The molecule has 1 amide bonds. The number of halogens is 3. The molecule has 1 aromatic carbocycles. The van der Waals surface area contributed by atoms with Crippen molar-refractivity contribution in [3.63, 3.8) is 0 Å². The first-order chi connectivity index (χ1) is 12.4. The summed E-state index contributed by atoms with van der Waals surface area (Å²) in [6.07, 6.45) is 1.10. The number of hydrogen-bond donors (Lipinski definition) is 1. The maximum atomic E-state index is 12.7. The lowest BCUT2D eigenvalue weighted by Crippen LogP contribution is -2.48. The Labute approximate surface area is 160 Å². The highest BCUT2D eigenvalue weighted by Crippen LogP contribution is 2.64. The van der Waals surface area contributed by atoms with Gasteiger partial charge in [-0.3, -0.25) is 4.79 Å². The molecule has 3 fully saturated rings. The summed E-state index contributed by atoms with van der Waals surface area (Å²) in [5, 5.41) is 2.84. The molecule has 1 N–H and O–H groups in total. The molecule has 7 heteroatoms. The van der Waals surface area contributed by atoms with Crippen LogP contribution in [0.1, 0.15) is 37.7 Å². The fourth-order valence-corrected chi connectivity index (χ4v) is 8.75. The van der Waals surface area contributed by atoms with Crippen LogP contribution in [0.15, 0.2) is 24.3 Å². The smallest absolute Gasteiger partial charge is 0.326 e. The number of anilines is 1. The van der Waals surface area contributed by atoms with Gasteiger partial charge in [-0.05, 0) is 61.8 Å². The molecule has 1 heterocycles. The highest BCUT2D eigenvalue weighted by atomic mass is 32.2. The number of benzene rings is 1. The molecule has 1 aliphatic heterocycles. The molecule has 2 atom stereocenters. The minimum atomic E-state index is -4.35. The van der Waals surface area contributed by atoms with E-state index in [0.717, 1.165) is 25.0 Å². The second-order valence-electron chi connectivity index (χ2n) is 7.48. The zero-order chi connectivity index (χ0) is 18.4. The van der Waals surface area contributed by atoms with Crippen molar-refractivity contribution >= 4 is 35.1 Å². The van der Waals surface area contributed by atoms with E-state index >= 15 is 0 Å². The minimum absolute atomic E-state index is 0.0278. The van der Waals surface area contributed by atoms with E-state index in [1.54, 1.807) is 0 Å². The first kappa shape index (κ1) is 18.5. The van der Waals surface area contributed by atoms with Crippen molar-refractivity contribution in [2.75, 3.05) is 16.8 Å². The van der Waals surface area contributed by atoms with Crippen LogP contribution in [-0.4, -0.2) is 21.5 Å². The van der Waals surface area contributed by atoms with Crippen LogP contribution in [0.3, 0.4) is 0 Å².